The van der Waals surface area contributed by atoms with Crippen molar-refractivity contribution in [3.05, 3.63) is 58.7 Å². The molecule has 0 amide bonds. The molecule has 2 N–H and O–H groups in total. The highest BCUT2D eigenvalue weighted by Crippen LogP contribution is 2.33. The fourth-order valence-corrected chi connectivity index (χ4v) is 2.58. The zero-order chi connectivity index (χ0) is 16.8. The smallest absolute Gasteiger partial charge is 0.197 e. The second-order valence-corrected chi connectivity index (χ2v) is 5.48. The van der Waals surface area contributed by atoms with Crippen LogP contribution < -0.4 is 0 Å². The predicted octanol–water partition coefficient (Wildman–Crippen LogP) is 3.82. The molecular weight excluding hydrogens is 292 g/mol. The summed E-state index contributed by atoms with van der Waals surface area (Å²) in [5.74, 6) is -0.374. The van der Waals surface area contributed by atoms with Crippen molar-refractivity contribution >= 4 is 5.78 Å². The average Bonchev–Trinajstić information content (AvgIpc) is 2.55. The van der Waals surface area contributed by atoms with Crippen molar-refractivity contribution in [3.8, 4) is 11.5 Å². The maximum atomic E-state index is 12.8. The molecule has 0 bridgehead atoms. The molecule has 0 aliphatic rings. The Kier molecular flexibility index (Phi) is 5.77. The Morgan fingerprint density at radius 3 is 2.52 bits per heavy atom. The van der Waals surface area contributed by atoms with Crippen molar-refractivity contribution in [2.45, 2.75) is 32.8 Å². The molecule has 0 aliphatic carbocycles. The Labute approximate surface area is 136 Å². The molecule has 2 aromatic carbocycles. The molecule has 0 atom stereocenters. The van der Waals surface area contributed by atoms with E-state index in [9.17, 15) is 15.0 Å². The molecule has 2 aromatic rings. The summed E-state index contributed by atoms with van der Waals surface area (Å²) in [7, 11) is 1.57. The zero-order valence-electron chi connectivity index (χ0n) is 13.5. The van der Waals surface area contributed by atoms with Crippen LogP contribution in [0.1, 0.15) is 46.8 Å². The van der Waals surface area contributed by atoms with Gasteiger partial charge in [-0.25, -0.2) is 0 Å². The topological polar surface area (TPSA) is 66.8 Å². The molecule has 0 aliphatic heterocycles. The summed E-state index contributed by atoms with van der Waals surface area (Å²) in [6, 6.07) is 10.1. The van der Waals surface area contributed by atoms with Gasteiger partial charge in [-0.2, -0.15) is 0 Å². The number of methoxy groups -OCH3 is 1. The molecule has 0 saturated carbocycles. The molecule has 0 spiro atoms. The average molecular weight is 314 g/mol. The Balaban J connectivity index is 2.44. The molecule has 0 aromatic heterocycles. The van der Waals surface area contributed by atoms with E-state index in [1.165, 1.54) is 12.1 Å². The number of carbonyl (C=O) groups excluding carboxylic acids is 1. The molecule has 0 fully saturated rings. The molecule has 0 heterocycles. The summed E-state index contributed by atoms with van der Waals surface area (Å²) in [6.07, 6.45) is 2.31. The van der Waals surface area contributed by atoms with Crippen molar-refractivity contribution in [3.63, 3.8) is 0 Å². The monoisotopic (exact) mass is 314 g/mol. The van der Waals surface area contributed by atoms with Crippen LogP contribution >= 0.6 is 0 Å². The van der Waals surface area contributed by atoms with E-state index in [0.29, 0.717) is 24.2 Å². The van der Waals surface area contributed by atoms with E-state index >= 15 is 0 Å². The number of aromatic hydroxyl groups is 2. The van der Waals surface area contributed by atoms with Crippen LogP contribution in [0.15, 0.2) is 36.4 Å². The summed E-state index contributed by atoms with van der Waals surface area (Å²) < 4.78 is 5.13. The third-order valence-corrected chi connectivity index (χ3v) is 3.84. The number of rotatable bonds is 7. The van der Waals surface area contributed by atoms with Crippen molar-refractivity contribution in [1.82, 2.24) is 0 Å². The van der Waals surface area contributed by atoms with E-state index in [0.717, 1.165) is 18.4 Å². The van der Waals surface area contributed by atoms with Gasteiger partial charge >= 0.3 is 0 Å². The Hall–Kier alpha value is -2.33. The van der Waals surface area contributed by atoms with Gasteiger partial charge in [0.15, 0.2) is 5.78 Å². The third-order valence-electron chi connectivity index (χ3n) is 3.84. The molecular formula is C19H22O4. The van der Waals surface area contributed by atoms with Crippen LogP contribution in [0, 0.1) is 0 Å². The van der Waals surface area contributed by atoms with Gasteiger partial charge < -0.3 is 14.9 Å². The van der Waals surface area contributed by atoms with Crippen molar-refractivity contribution < 1.29 is 19.7 Å². The molecule has 4 heteroatoms. The predicted molar refractivity (Wildman–Crippen MR) is 89.0 cm³/mol. The number of hydrogen-bond acceptors (Lipinski definition) is 4. The van der Waals surface area contributed by atoms with Gasteiger partial charge in [0.2, 0.25) is 0 Å². The third kappa shape index (κ3) is 3.71. The number of unbranched alkanes of at least 4 members (excludes halogenated alkanes) is 1. The molecule has 0 saturated heterocycles. The van der Waals surface area contributed by atoms with Gasteiger partial charge in [0.05, 0.1) is 12.2 Å². The Morgan fingerprint density at radius 1 is 1.09 bits per heavy atom. The first-order valence-electron chi connectivity index (χ1n) is 7.75. The van der Waals surface area contributed by atoms with E-state index in [1.807, 2.05) is 19.1 Å². The SMILES string of the molecule is CCCCc1c(O)ccc(C(=O)c2ccccc2COC)c1O. The Morgan fingerprint density at radius 2 is 1.83 bits per heavy atom. The first kappa shape index (κ1) is 17.0. The molecule has 23 heavy (non-hydrogen) atoms. The number of carbonyl (C=O) groups is 1. The fraction of sp³-hybridized carbons (Fsp3) is 0.316. The van der Waals surface area contributed by atoms with Gasteiger partial charge in [-0.05, 0) is 30.5 Å². The lowest BCUT2D eigenvalue weighted by Gasteiger charge is -2.13. The van der Waals surface area contributed by atoms with Crippen molar-refractivity contribution in [2.24, 2.45) is 0 Å². The zero-order valence-corrected chi connectivity index (χ0v) is 13.5. The number of phenols is 2. The van der Waals surface area contributed by atoms with Crippen LogP contribution in [0.5, 0.6) is 11.5 Å². The van der Waals surface area contributed by atoms with Gasteiger partial charge in [-0.3, -0.25) is 4.79 Å². The molecule has 0 radical (unpaired) electrons. The van der Waals surface area contributed by atoms with Crippen LogP contribution in [0.25, 0.3) is 0 Å². The van der Waals surface area contributed by atoms with Gasteiger partial charge in [-0.15, -0.1) is 0 Å². The van der Waals surface area contributed by atoms with Crippen LogP contribution in [0.2, 0.25) is 0 Å². The maximum Gasteiger partial charge on any atom is 0.197 e. The van der Waals surface area contributed by atoms with E-state index in [1.54, 1.807) is 19.2 Å². The lowest BCUT2D eigenvalue weighted by atomic mass is 9.94. The van der Waals surface area contributed by atoms with Gasteiger partial charge in [0, 0.05) is 18.2 Å². The van der Waals surface area contributed by atoms with Crippen LogP contribution in [-0.4, -0.2) is 23.1 Å². The minimum atomic E-state index is -0.270. The second-order valence-electron chi connectivity index (χ2n) is 5.48. The highest BCUT2D eigenvalue weighted by Gasteiger charge is 2.20. The number of hydrogen-bond donors (Lipinski definition) is 2. The van der Waals surface area contributed by atoms with Gasteiger partial charge in [-0.1, -0.05) is 37.6 Å². The first-order chi connectivity index (χ1) is 11.1. The van der Waals surface area contributed by atoms with Crippen LogP contribution in [-0.2, 0) is 17.8 Å². The lowest BCUT2D eigenvalue weighted by molar-refractivity contribution is 0.103. The van der Waals surface area contributed by atoms with Gasteiger partial charge in [0.1, 0.15) is 11.5 Å². The second kappa shape index (κ2) is 7.79. The number of phenolic OH excluding ortho intramolecular Hbond substituents is 2. The number of ketones is 1. The summed E-state index contributed by atoms with van der Waals surface area (Å²) in [4.78, 5) is 12.8. The maximum absolute atomic E-state index is 12.8. The van der Waals surface area contributed by atoms with Crippen molar-refractivity contribution in [2.75, 3.05) is 7.11 Å². The van der Waals surface area contributed by atoms with Crippen LogP contribution in [0.3, 0.4) is 0 Å². The van der Waals surface area contributed by atoms with E-state index in [2.05, 4.69) is 0 Å². The van der Waals surface area contributed by atoms with E-state index < -0.39 is 0 Å². The summed E-state index contributed by atoms with van der Waals surface area (Å²) in [5, 5.41) is 20.4. The summed E-state index contributed by atoms with van der Waals surface area (Å²) in [5.41, 5.74) is 1.90. The molecule has 122 valence electrons. The minimum Gasteiger partial charge on any atom is -0.508 e. The van der Waals surface area contributed by atoms with E-state index in [4.69, 9.17) is 4.74 Å². The van der Waals surface area contributed by atoms with Gasteiger partial charge in [0.25, 0.3) is 0 Å². The number of ether oxygens (including phenoxy) is 1. The number of benzene rings is 2. The lowest BCUT2D eigenvalue weighted by Crippen LogP contribution is -2.07. The molecule has 0 unspecified atom stereocenters. The van der Waals surface area contributed by atoms with Crippen molar-refractivity contribution in [1.29, 1.82) is 0 Å². The highest BCUT2D eigenvalue weighted by atomic mass is 16.5. The first-order valence-corrected chi connectivity index (χ1v) is 7.75. The fourth-order valence-electron chi connectivity index (χ4n) is 2.58. The van der Waals surface area contributed by atoms with E-state index in [-0.39, 0.29) is 22.8 Å². The Bertz CT molecular complexity index is 692. The summed E-state index contributed by atoms with van der Waals surface area (Å²) in [6.45, 7) is 2.35. The normalized spacial score (nSPS) is 10.7. The summed E-state index contributed by atoms with van der Waals surface area (Å²) >= 11 is 0. The highest BCUT2D eigenvalue weighted by molar-refractivity contribution is 6.11. The minimum absolute atomic E-state index is 0.0256. The largest absolute Gasteiger partial charge is 0.508 e. The molecule has 2 rings (SSSR count). The molecule has 4 nitrogen and oxygen atoms in total. The quantitative estimate of drug-likeness (QED) is 0.763. The standard InChI is InChI=1S/C19H22O4/c1-3-4-8-15-17(20)11-10-16(19(15)22)18(21)14-9-6-5-7-13(14)12-23-2/h5-7,9-11,20,22H,3-4,8,12H2,1-2H3. The van der Waals surface area contributed by atoms with Crippen LogP contribution in [0.4, 0.5) is 0 Å².